The number of nitrogens with zero attached hydrogens (tertiary/aromatic N) is 1. The van der Waals surface area contributed by atoms with E-state index in [4.69, 9.17) is 4.74 Å². The van der Waals surface area contributed by atoms with Gasteiger partial charge < -0.3 is 10.1 Å². The van der Waals surface area contributed by atoms with Crippen molar-refractivity contribution in [2.24, 2.45) is 5.92 Å². The Labute approximate surface area is 192 Å². The summed E-state index contributed by atoms with van der Waals surface area (Å²) >= 11 is 0. The monoisotopic (exact) mass is 458 g/mol. The summed E-state index contributed by atoms with van der Waals surface area (Å²) in [7, 11) is -2.18. The minimum atomic E-state index is -3.67. The topological polar surface area (TPSA) is 75.7 Å². The van der Waals surface area contributed by atoms with Crippen molar-refractivity contribution in [3.63, 3.8) is 0 Å². The Morgan fingerprint density at radius 2 is 1.69 bits per heavy atom. The largest absolute Gasteiger partial charge is 0.496 e. The number of carbonyl (C=O) groups is 1. The SMILES string of the molecule is COc1ccc(S(=O)(=O)N2CCCCCC2)cc1C(=O)N[C@@H](CC(C)C)c1ccccc1. The minimum Gasteiger partial charge on any atom is -0.496 e. The maximum atomic E-state index is 13.3. The molecule has 7 heteroatoms. The summed E-state index contributed by atoms with van der Waals surface area (Å²) in [6.07, 6.45) is 4.56. The molecule has 1 aliphatic rings. The van der Waals surface area contributed by atoms with Crippen molar-refractivity contribution in [1.29, 1.82) is 0 Å². The van der Waals surface area contributed by atoms with Crippen LogP contribution in [0.1, 0.15) is 67.9 Å². The molecular formula is C25H34N2O4S. The van der Waals surface area contributed by atoms with Crippen LogP contribution in [0.3, 0.4) is 0 Å². The highest BCUT2D eigenvalue weighted by molar-refractivity contribution is 7.89. The Kier molecular flexibility index (Phi) is 8.32. The van der Waals surface area contributed by atoms with E-state index >= 15 is 0 Å². The van der Waals surface area contributed by atoms with Crippen LogP contribution < -0.4 is 10.1 Å². The van der Waals surface area contributed by atoms with E-state index in [0.29, 0.717) is 24.8 Å². The number of sulfonamides is 1. The Hall–Kier alpha value is -2.38. The quantitative estimate of drug-likeness (QED) is 0.618. The number of ether oxygens (including phenoxy) is 1. The molecule has 0 saturated carbocycles. The molecule has 0 aromatic heterocycles. The van der Waals surface area contributed by atoms with E-state index in [9.17, 15) is 13.2 Å². The molecule has 32 heavy (non-hydrogen) atoms. The lowest BCUT2D eigenvalue weighted by Crippen LogP contribution is -2.33. The van der Waals surface area contributed by atoms with Crippen LogP contribution in [-0.2, 0) is 10.0 Å². The molecule has 174 valence electrons. The van der Waals surface area contributed by atoms with Gasteiger partial charge in [0.25, 0.3) is 5.91 Å². The molecule has 1 fully saturated rings. The molecule has 1 aliphatic heterocycles. The Morgan fingerprint density at radius 1 is 1.03 bits per heavy atom. The second-order valence-corrected chi connectivity index (χ2v) is 10.7. The Morgan fingerprint density at radius 3 is 2.28 bits per heavy atom. The van der Waals surface area contributed by atoms with Gasteiger partial charge in [-0.05, 0) is 48.9 Å². The molecular weight excluding hydrogens is 424 g/mol. The molecule has 1 atom stereocenters. The number of amides is 1. The van der Waals surface area contributed by atoms with Crippen LogP contribution in [0.15, 0.2) is 53.4 Å². The van der Waals surface area contributed by atoms with Gasteiger partial charge >= 0.3 is 0 Å². The number of carbonyl (C=O) groups excluding carboxylic acids is 1. The summed E-state index contributed by atoms with van der Waals surface area (Å²) in [5.41, 5.74) is 1.25. The van der Waals surface area contributed by atoms with Gasteiger partial charge in [0.1, 0.15) is 5.75 Å². The fraction of sp³-hybridized carbons (Fsp3) is 0.480. The second-order valence-electron chi connectivity index (χ2n) is 8.75. The molecule has 0 aliphatic carbocycles. The summed E-state index contributed by atoms with van der Waals surface area (Å²) in [5, 5.41) is 3.10. The number of rotatable bonds is 8. The highest BCUT2D eigenvalue weighted by Crippen LogP contribution is 2.28. The average molecular weight is 459 g/mol. The van der Waals surface area contributed by atoms with E-state index < -0.39 is 10.0 Å². The van der Waals surface area contributed by atoms with Crippen LogP contribution in [0, 0.1) is 5.92 Å². The van der Waals surface area contributed by atoms with E-state index in [0.717, 1.165) is 37.7 Å². The van der Waals surface area contributed by atoms with E-state index in [1.807, 2.05) is 30.3 Å². The molecule has 0 bridgehead atoms. The molecule has 3 rings (SSSR count). The van der Waals surface area contributed by atoms with E-state index in [1.54, 1.807) is 6.07 Å². The predicted molar refractivity (Wildman–Crippen MR) is 126 cm³/mol. The molecule has 1 saturated heterocycles. The molecule has 0 radical (unpaired) electrons. The van der Waals surface area contributed by atoms with Gasteiger partial charge in [-0.3, -0.25) is 4.79 Å². The van der Waals surface area contributed by atoms with Gasteiger partial charge in [0.15, 0.2) is 0 Å². The number of benzene rings is 2. The van der Waals surface area contributed by atoms with Crippen molar-refractivity contribution in [1.82, 2.24) is 9.62 Å². The number of hydrogen-bond acceptors (Lipinski definition) is 4. The van der Waals surface area contributed by atoms with Crippen molar-refractivity contribution in [2.45, 2.75) is 56.9 Å². The highest BCUT2D eigenvalue weighted by atomic mass is 32.2. The van der Waals surface area contributed by atoms with Crippen LogP contribution in [0.5, 0.6) is 5.75 Å². The lowest BCUT2D eigenvalue weighted by atomic mass is 9.96. The maximum Gasteiger partial charge on any atom is 0.255 e. The zero-order chi connectivity index (χ0) is 23.1. The predicted octanol–water partition coefficient (Wildman–Crippen LogP) is 4.78. The third kappa shape index (κ3) is 5.90. The van der Waals surface area contributed by atoms with Crippen molar-refractivity contribution >= 4 is 15.9 Å². The first-order valence-electron chi connectivity index (χ1n) is 11.4. The molecule has 0 spiro atoms. The smallest absolute Gasteiger partial charge is 0.255 e. The first kappa shape index (κ1) is 24.3. The minimum absolute atomic E-state index is 0.130. The lowest BCUT2D eigenvalue weighted by molar-refractivity contribution is 0.0928. The van der Waals surface area contributed by atoms with E-state index in [2.05, 4.69) is 19.2 Å². The van der Waals surface area contributed by atoms with E-state index in [-0.39, 0.29) is 22.4 Å². The van der Waals surface area contributed by atoms with Gasteiger partial charge in [-0.1, -0.05) is 57.0 Å². The number of nitrogens with one attached hydrogen (secondary N) is 1. The van der Waals surface area contributed by atoms with Gasteiger partial charge in [-0.15, -0.1) is 0 Å². The van der Waals surface area contributed by atoms with Gasteiger partial charge in [-0.25, -0.2) is 8.42 Å². The lowest BCUT2D eigenvalue weighted by Gasteiger charge is -2.23. The van der Waals surface area contributed by atoms with Crippen molar-refractivity contribution in [2.75, 3.05) is 20.2 Å². The molecule has 1 N–H and O–H groups in total. The molecule has 2 aromatic rings. The summed E-state index contributed by atoms with van der Waals surface area (Å²) in [5.74, 6) is 0.384. The second kappa shape index (κ2) is 11.0. The van der Waals surface area contributed by atoms with Gasteiger partial charge in [0.05, 0.1) is 23.6 Å². The Balaban J connectivity index is 1.91. The number of methoxy groups -OCH3 is 1. The number of hydrogen-bond donors (Lipinski definition) is 1. The van der Waals surface area contributed by atoms with Crippen LogP contribution in [0.2, 0.25) is 0 Å². The van der Waals surface area contributed by atoms with Crippen LogP contribution in [0.25, 0.3) is 0 Å². The zero-order valence-corrected chi connectivity index (χ0v) is 20.0. The van der Waals surface area contributed by atoms with Gasteiger partial charge in [0, 0.05) is 13.1 Å². The van der Waals surface area contributed by atoms with Crippen LogP contribution >= 0.6 is 0 Å². The molecule has 1 heterocycles. The summed E-state index contributed by atoms with van der Waals surface area (Å²) < 4.78 is 33.4. The summed E-state index contributed by atoms with van der Waals surface area (Å²) in [6.45, 7) is 5.24. The fourth-order valence-electron chi connectivity index (χ4n) is 4.13. The summed E-state index contributed by atoms with van der Waals surface area (Å²) in [4.78, 5) is 13.4. The van der Waals surface area contributed by atoms with Crippen LogP contribution in [0.4, 0.5) is 0 Å². The van der Waals surface area contributed by atoms with Crippen molar-refractivity contribution in [3.05, 3.63) is 59.7 Å². The van der Waals surface area contributed by atoms with Crippen LogP contribution in [-0.4, -0.2) is 38.8 Å². The fourth-order valence-corrected chi connectivity index (χ4v) is 5.67. The molecule has 2 aromatic carbocycles. The van der Waals surface area contributed by atoms with E-state index in [1.165, 1.54) is 23.5 Å². The third-order valence-corrected chi connectivity index (χ3v) is 7.73. The van der Waals surface area contributed by atoms with Gasteiger partial charge in [-0.2, -0.15) is 4.31 Å². The maximum absolute atomic E-state index is 13.3. The standard InChI is InChI=1S/C25H34N2O4S/c1-19(2)17-23(20-11-7-6-8-12-20)26-25(28)22-18-21(13-14-24(22)31-3)32(29,30)27-15-9-4-5-10-16-27/h6-8,11-14,18-19,23H,4-5,9-10,15-17H2,1-3H3,(H,26,28)/t23-/m0/s1. The molecule has 6 nitrogen and oxygen atoms in total. The normalized spacial score (nSPS) is 16.4. The Bertz CT molecular complexity index is 998. The average Bonchev–Trinajstić information content (AvgIpc) is 3.08. The summed E-state index contributed by atoms with van der Waals surface area (Å²) in [6, 6.07) is 14.2. The van der Waals surface area contributed by atoms with Crippen molar-refractivity contribution in [3.8, 4) is 5.75 Å². The molecule has 1 amide bonds. The first-order chi connectivity index (χ1) is 15.3. The highest BCUT2D eigenvalue weighted by Gasteiger charge is 2.28. The van der Waals surface area contributed by atoms with Gasteiger partial charge in [0.2, 0.25) is 10.0 Å². The third-order valence-electron chi connectivity index (χ3n) is 5.83. The zero-order valence-electron chi connectivity index (χ0n) is 19.2. The van der Waals surface area contributed by atoms with Crippen molar-refractivity contribution < 1.29 is 17.9 Å². The first-order valence-corrected chi connectivity index (χ1v) is 12.8. The molecule has 0 unspecified atom stereocenters.